The van der Waals surface area contributed by atoms with Crippen molar-refractivity contribution in [3.63, 3.8) is 0 Å². The van der Waals surface area contributed by atoms with Crippen molar-refractivity contribution in [2.45, 2.75) is 63.6 Å². The second-order valence-corrected chi connectivity index (χ2v) is 9.73. The fourth-order valence-corrected chi connectivity index (χ4v) is 3.70. The minimum Gasteiger partial charge on any atom is -0.394 e. The third-order valence-electron chi connectivity index (χ3n) is 5.68. The van der Waals surface area contributed by atoms with Gasteiger partial charge >= 0.3 is 19.2 Å². The number of aliphatic hydroxyl groups excluding tert-OH is 4. The van der Waals surface area contributed by atoms with Crippen molar-refractivity contribution in [2.24, 2.45) is 0 Å². The lowest BCUT2D eigenvalue weighted by Crippen LogP contribution is -2.33. The molecule has 0 unspecified atom stereocenters. The number of hydrogen-bond acceptors (Lipinski definition) is 11. The largest absolute Gasteiger partial charge is 0.466 e. The van der Waals surface area contributed by atoms with Gasteiger partial charge in [-0.25, -0.2) is 14.2 Å². The Kier molecular flexibility index (Phi) is 11.3. The zero-order chi connectivity index (χ0) is 29.7. The summed E-state index contributed by atoms with van der Waals surface area (Å²) in [4.78, 5) is 71.4. The van der Waals surface area contributed by atoms with Gasteiger partial charge in [0.15, 0.2) is 0 Å². The summed E-state index contributed by atoms with van der Waals surface area (Å²) >= 11 is 0. The van der Waals surface area contributed by atoms with Crippen molar-refractivity contribution < 1.29 is 49.1 Å². The van der Waals surface area contributed by atoms with Gasteiger partial charge in [0, 0.05) is 36.4 Å². The molecule has 0 saturated carbocycles. The predicted octanol–water partition coefficient (Wildman–Crippen LogP) is -3.96. The lowest BCUT2D eigenvalue weighted by Gasteiger charge is -2.14. The molecule has 0 spiro atoms. The number of phosphoric acid groups is 1. The number of hydrogen-bond donors (Lipinski definition) is 9. The van der Waals surface area contributed by atoms with E-state index in [0.717, 1.165) is 0 Å². The number of rotatable bonds is 4. The van der Waals surface area contributed by atoms with Crippen LogP contribution in [0.25, 0.3) is 0 Å². The van der Waals surface area contributed by atoms with Crippen molar-refractivity contribution in [3.05, 3.63) is 65.2 Å². The van der Waals surface area contributed by atoms with Crippen molar-refractivity contribution in [3.8, 4) is 0 Å². The van der Waals surface area contributed by atoms with Crippen LogP contribution in [0.2, 0.25) is 0 Å². The van der Waals surface area contributed by atoms with E-state index in [1.54, 1.807) is 13.8 Å². The predicted molar refractivity (Wildman–Crippen MR) is 130 cm³/mol. The summed E-state index contributed by atoms with van der Waals surface area (Å²) in [6.07, 6.45) is -1.16. The van der Waals surface area contributed by atoms with Gasteiger partial charge in [-0.1, -0.05) is 0 Å². The SMILES string of the molecule is Cc1cn([C@H]2C[C@H](O)[C@@H](CO)O2)c(=O)[nH]c1=O.Cc1cn([C@H]2C[C@H](O)[C@@H](CO)O2)c(=O)[nH]c1=O.O=P(O)(O)O. The monoisotopic (exact) mass is 582 g/mol. The lowest BCUT2D eigenvalue weighted by atomic mass is 10.2. The van der Waals surface area contributed by atoms with Crippen LogP contribution in [0.4, 0.5) is 0 Å². The maximum absolute atomic E-state index is 11.6. The summed E-state index contributed by atoms with van der Waals surface area (Å²) in [5.74, 6) is 0. The highest BCUT2D eigenvalue weighted by molar-refractivity contribution is 7.45. The molecule has 2 aliphatic heterocycles. The average molecular weight is 582 g/mol. The number of nitrogens with zero attached hydrogens (tertiary/aromatic N) is 2. The molecule has 39 heavy (non-hydrogen) atoms. The van der Waals surface area contributed by atoms with E-state index in [0.29, 0.717) is 11.1 Å². The topological polar surface area (TPSA) is 287 Å². The van der Waals surface area contributed by atoms with Gasteiger partial charge in [0.1, 0.15) is 24.7 Å². The first kappa shape index (κ1) is 32.4. The fraction of sp³-hybridized carbons (Fsp3) is 0.600. The van der Waals surface area contributed by atoms with Crippen LogP contribution in [0.1, 0.15) is 36.4 Å². The van der Waals surface area contributed by atoms with E-state index in [4.69, 9.17) is 38.9 Å². The molecular weight excluding hydrogens is 551 g/mol. The number of ether oxygens (including phenoxy) is 2. The van der Waals surface area contributed by atoms with Crippen molar-refractivity contribution in [2.75, 3.05) is 13.2 Å². The second kappa shape index (κ2) is 13.5. The first-order chi connectivity index (χ1) is 18.0. The van der Waals surface area contributed by atoms with Gasteiger partial charge in [0.05, 0.1) is 25.4 Å². The number of H-pyrrole nitrogens is 2. The van der Waals surface area contributed by atoms with Gasteiger partial charge in [-0.2, -0.15) is 0 Å². The quantitative estimate of drug-likeness (QED) is 0.156. The van der Waals surface area contributed by atoms with Gasteiger partial charge in [0.2, 0.25) is 0 Å². The Labute approximate surface area is 218 Å². The smallest absolute Gasteiger partial charge is 0.394 e. The fourth-order valence-electron chi connectivity index (χ4n) is 3.70. The molecule has 0 amide bonds. The van der Waals surface area contributed by atoms with E-state index in [2.05, 4.69) is 9.97 Å². The van der Waals surface area contributed by atoms with Crippen molar-refractivity contribution in [1.82, 2.24) is 19.1 Å². The number of aryl methyl sites for hydroxylation is 2. The highest BCUT2D eigenvalue weighted by Gasteiger charge is 2.36. The molecule has 2 aliphatic rings. The Balaban J connectivity index is 0.000000234. The number of aromatic nitrogens is 4. The van der Waals surface area contributed by atoms with Crippen LogP contribution in [0.15, 0.2) is 31.6 Å². The van der Waals surface area contributed by atoms with E-state index in [-0.39, 0.29) is 26.1 Å². The zero-order valence-electron chi connectivity index (χ0n) is 20.8. The van der Waals surface area contributed by atoms with Crippen molar-refractivity contribution in [1.29, 1.82) is 0 Å². The van der Waals surface area contributed by atoms with Crippen LogP contribution >= 0.6 is 7.82 Å². The van der Waals surface area contributed by atoms with E-state index >= 15 is 0 Å². The van der Waals surface area contributed by atoms with E-state index in [1.165, 1.54) is 21.5 Å². The van der Waals surface area contributed by atoms with Gasteiger partial charge in [-0.05, 0) is 13.8 Å². The first-order valence-corrected chi connectivity index (χ1v) is 12.9. The number of nitrogens with one attached hydrogen (secondary N) is 2. The molecule has 0 radical (unpaired) electrons. The lowest BCUT2D eigenvalue weighted by molar-refractivity contribution is -0.0459. The molecule has 0 aromatic carbocycles. The molecule has 2 fully saturated rings. The molecule has 0 bridgehead atoms. The average Bonchev–Trinajstić information content (AvgIpc) is 3.39. The molecule has 4 rings (SSSR count). The van der Waals surface area contributed by atoms with Crippen LogP contribution in [0, 0.1) is 13.8 Å². The first-order valence-electron chi connectivity index (χ1n) is 11.4. The molecule has 6 atom stereocenters. The van der Waals surface area contributed by atoms with E-state index in [1.807, 2.05) is 0 Å². The van der Waals surface area contributed by atoms with E-state index in [9.17, 15) is 29.4 Å². The van der Waals surface area contributed by atoms with Gasteiger partial charge < -0.3 is 44.6 Å². The van der Waals surface area contributed by atoms with Gasteiger partial charge in [0.25, 0.3) is 11.1 Å². The third kappa shape index (κ3) is 9.14. The minimum absolute atomic E-state index is 0.205. The summed E-state index contributed by atoms with van der Waals surface area (Å²) in [6.45, 7) is 2.52. The summed E-state index contributed by atoms with van der Waals surface area (Å²) in [7, 11) is -4.64. The summed E-state index contributed by atoms with van der Waals surface area (Å²) in [5.41, 5.74) is -1.29. The maximum atomic E-state index is 11.6. The Morgan fingerprint density at radius 2 is 1.10 bits per heavy atom. The molecule has 0 aliphatic carbocycles. The van der Waals surface area contributed by atoms with Gasteiger partial charge in [-0.15, -0.1) is 0 Å². The molecule has 19 heteroatoms. The Bertz CT molecular complexity index is 1290. The Morgan fingerprint density at radius 3 is 1.36 bits per heavy atom. The summed E-state index contributed by atoms with van der Waals surface area (Å²) < 4.78 is 22.0. The maximum Gasteiger partial charge on any atom is 0.466 e. The third-order valence-corrected chi connectivity index (χ3v) is 5.68. The van der Waals surface area contributed by atoms with Gasteiger partial charge in [-0.3, -0.25) is 28.7 Å². The molecule has 2 saturated heterocycles. The molecule has 18 nitrogen and oxygen atoms in total. The highest BCUT2D eigenvalue weighted by Crippen LogP contribution is 2.28. The van der Waals surface area contributed by atoms with Crippen LogP contribution in [-0.2, 0) is 14.0 Å². The molecule has 220 valence electrons. The Morgan fingerprint density at radius 1 is 0.795 bits per heavy atom. The number of aliphatic hydroxyl groups is 4. The normalized spacial score (nSPS) is 26.4. The van der Waals surface area contributed by atoms with Crippen molar-refractivity contribution >= 4 is 7.82 Å². The minimum atomic E-state index is -4.64. The summed E-state index contributed by atoms with van der Waals surface area (Å²) in [6, 6.07) is 0. The van der Waals surface area contributed by atoms with Crippen LogP contribution in [0.5, 0.6) is 0 Å². The molecule has 2 aromatic rings. The van der Waals surface area contributed by atoms with Crippen LogP contribution in [-0.4, -0.2) is 91.8 Å². The van der Waals surface area contributed by atoms with E-state index < -0.39 is 67.2 Å². The second-order valence-electron chi connectivity index (χ2n) is 8.70. The molecule has 2 aromatic heterocycles. The molecular formula is C20H31N4O14P. The molecule has 9 N–H and O–H groups in total. The highest BCUT2D eigenvalue weighted by atomic mass is 31.2. The summed E-state index contributed by atoms with van der Waals surface area (Å²) in [5, 5.41) is 37.0. The molecule has 4 heterocycles. The number of aromatic amines is 2. The zero-order valence-corrected chi connectivity index (χ0v) is 21.7. The standard InChI is InChI=1S/2C10H14N2O5.H3O4P/c2*1-5-3-12(10(16)11-9(5)15)8-2-6(14)7(4-13)17-8;1-5(2,3)4/h2*3,6-8,13-14H,2,4H2,1H3,(H,11,15,16);(H3,1,2,3,4)/t2*6-,7+,8+;/m00./s1. The Hall–Kier alpha value is -2.77. The van der Waals surface area contributed by atoms with Crippen LogP contribution in [0.3, 0.4) is 0 Å². The van der Waals surface area contributed by atoms with Crippen LogP contribution < -0.4 is 22.5 Å².